The lowest BCUT2D eigenvalue weighted by Crippen LogP contribution is -2.46. The van der Waals surface area contributed by atoms with E-state index in [2.05, 4.69) is 9.88 Å². The zero-order valence-electron chi connectivity index (χ0n) is 12.7. The smallest absolute Gasteiger partial charge is 0.293 e. The van der Waals surface area contributed by atoms with Crippen LogP contribution in [0.15, 0.2) is 17.2 Å². The fourth-order valence-electron chi connectivity index (χ4n) is 2.53. The molecule has 1 aliphatic carbocycles. The molecule has 2 rings (SSSR count). The van der Waals surface area contributed by atoms with Gasteiger partial charge in [-0.05, 0) is 46.5 Å². The standard InChI is InChI=1S/C15H25N3O2/c1-15(2,3)18-10-8-16-13(14(18)20)17(9-5-11-19)12-6-4-7-12/h8,10,12,19H,4-7,9,11H2,1-3H3. The third kappa shape index (κ3) is 3.03. The molecular formula is C15H25N3O2. The van der Waals surface area contributed by atoms with Crippen LogP contribution < -0.4 is 10.5 Å². The van der Waals surface area contributed by atoms with Crippen molar-refractivity contribution >= 4 is 5.82 Å². The van der Waals surface area contributed by atoms with Crippen molar-refractivity contribution < 1.29 is 5.11 Å². The van der Waals surface area contributed by atoms with E-state index in [0.29, 0.717) is 24.8 Å². The summed E-state index contributed by atoms with van der Waals surface area (Å²) in [5.74, 6) is 0.528. The van der Waals surface area contributed by atoms with Gasteiger partial charge in [0.25, 0.3) is 5.56 Å². The quantitative estimate of drug-likeness (QED) is 0.892. The first kappa shape index (κ1) is 15.0. The van der Waals surface area contributed by atoms with Gasteiger partial charge in [0, 0.05) is 37.1 Å². The molecular weight excluding hydrogens is 254 g/mol. The maximum absolute atomic E-state index is 12.7. The molecule has 0 saturated heterocycles. The van der Waals surface area contributed by atoms with E-state index in [1.807, 2.05) is 20.8 Å². The van der Waals surface area contributed by atoms with Gasteiger partial charge >= 0.3 is 0 Å². The SMILES string of the molecule is CC(C)(C)n1ccnc(N(CCCO)C2CCC2)c1=O. The Labute approximate surface area is 120 Å². The Morgan fingerprint density at radius 2 is 2.15 bits per heavy atom. The molecule has 112 valence electrons. The average molecular weight is 279 g/mol. The number of aliphatic hydroxyl groups is 1. The first-order chi connectivity index (χ1) is 9.45. The van der Waals surface area contributed by atoms with Crippen molar-refractivity contribution in [3.05, 3.63) is 22.7 Å². The Kier molecular flexibility index (Phi) is 4.48. The third-order valence-electron chi connectivity index (χ3n) is 3.89. The lowest BCUT2D eigenvalue weighted by atomic mass is 9.91. The molecule has 0 bridgehead atoms. The Balaban J connectivity index is 2.35. The first-order valence-electron chi connectivity index (χ1n) is 7.41. The highest BCUT2D eigenvalue weighted by atomic mass is 16.3. The summed E-state index contributed by atoms with van der Waals surface area (Å²) in [7, 11) is 0. The largest absolute Gasteiger partial charge is 0.396 e. The highest BCUT2D eigenvalue weighted by molar-refractivity contribution is 5.38. The predicted octanol–water partition coefficient (Wildman–Crippen LogP) is 1.74. The maximum atomic E-state index is 12.7. The minimum absolute atomic E-state index is 0.0372. The van der Waals surface area contributed by atoms with Gasteiger partial charge < -0.3 is 14.6 Å². The van der Waals surface area contributed by atoms with Gasteiger partial charge in [-0.2, -0.15) is 0 Å². The van der Waals surface area contributed by atoms with Crippen LogP contribution in [0.3, 0.4) is 0 Å². The van der Waals surface area contributed by atoms with E-state index in [1.165, 1.54) is 6.42 Å². The number of aliphatic hydroxyl groups excluding tert-OH is 1. The minimum atomic E-state index is -0.253. The molecule has 0 radical (unpaired) electrons. The molecule has 0 spiro atoms. The lowest BCUT2D eigenvalue weighted by Gasteiger charge is -2.38. The van der Waals surface area contributed by atoms with Gasteiger partial charge in [0.15, 0.2) is 5.82 Å². The van der Waals surface area contributed by atoms with Gasteiger partial charge in [-0.3, -0.25) is 4.79 Å². The van der Waals surface area contributed by atoms with Crippen molar-refractivity contribution in [1.29, 1.82) is 0 Å². The minimum Gasteiger partial charge on any atom is -0.396 e. The van der Waals surface area contributed by atoms with Crippen LogP contribution in [-0.2, 0) is 5.54 Å². The van der Waals surface area contributed by atoms with E-state index < -0.39 is 0 Å². The summed E-state index contributed by atoms with van der Waals surface area (Å²) in [5.41, 5.74) is -0.290. The fourth-order valence-corrected chi connectivity index (χ4v) is 2.53. The predicted molar refractivity (Wildman–Crippen MR) is 80.2 cm³/mol. The second-order valence-corrected chi connectivity index (χ2v) is 6.45. The van der Waals surface area contributed by atoms with Gasteiger partial charge in [0.05, 0.1) is 0 Å². The summed E-state index contributed by atoms with van der Waals surface area (Å²) < 4.78 is 1.74. The number of aromatic nitrogens is 2. The number of hydrogen-bond acceptors (Lipinski definition) is 4. The van der Waals surface area contributed by atoms with E-state index in [-0.39, 0.29) is 17.7 Å². The van der Waals surface area contributed by atoms with Crippen LogP contribution in [-0.4, -0.2) is 33.9 Å². The number of hydrogen-bond donors (Lipinski definition) is 1. The molecule has 5 heteroatoms. The molecule has 20 heavy (non-hydrogen) atoms. The number of anilines is 1. The molecule has 0 amide bonds. The second kappa shape index (κ2) is 5.95. The molecule has 0 unspecified atom stereocenters. The summed E-state index contributed by atoms with van der Waals surface area (Å²) in [6, 6.07) is 0.401. The van der Waals surface area contributed by atoms with Crippen LogP contribution in [0.1, 0.15) is 46.5 Å². The summed E-state index contributed by atoms with van der Waals surface area (Å²) in [6.07, 6.45) is 7.54. The van der Waals surface area contributed by atoms with Crippen LogP contribution in [0, 0.1) is 0 Å². The Morgan fingerprint density at radius 3 is 2.65 bits per heavy atom. The molecule has 1 heterocycles. The van der Waals surface area contributed by atoms with Crippen molar-refractivity contribution in [1.82, 2.24) is 9.55 Å². The normalized spacial score (nSPS) is 16.0. The number of nitrogens with zero attached hydrogens (tertiary/aromatic N) is 3. The summed E-state index contributed by atoms with van der Waals surface area (Å²) >= 11 is 0. The monoisotopic (exact) mass is 279 g/mol. The molecule has 1 aromatic heterocycles. The Morgan fingerprint density at radius 1 is 1.45 bits per heavy atom. The molecule has 0 atom stereocenters. The van der Waals surface area contributed by atoms with Crippen LogP contribution in [0.5, 0.6) is 0 Å². The summed E-state index contributed by atoms with van der Waals surface area (Å²) in [6.45, 7) is 6.87. The van der Waals surface area contributed by atoms with Crippen LogP contribution in [0.25, 0.3) is 0 Å². The van der Waals surface area contributed by atoms with Crippen molar-refractivity contribution in [3.8, 4) is 0 Å². The zero-order chi connectivity index (χ0) is 14.8. The third-order valence-corrected chi connectivity index (χ3v) is 3.89. The van der Waals surface area contributed by atoms with E-state index in [9.17, 15) is 4.79 Å². The number of rotatable bonds is 5. The van der Waals surface area contributed by atoms with E-state index in [4.69, 9.17) is 5.11 Å². The Bertz CT molecular complexity index is 501. The molecule has 1 saturated carbocycles. The molecule has 1 aliphatic rings. The lowest BCUT2D eigenvalue weighted by molar-refractivity contribution is 0.282. The van der Waals surface area contributed by atoms with E-state index in [1.54, 1.807) is 17.0 Å². The van der Waals surface area contributed by atoms with Crippen LogP contribution in [0.2, 0.25) is 0 Å². The fraction of sp³-hybridized carbons (Fsp3) is 0.733. The average Bonchev–Trinajstić information content (AvgIpc) is 2.31. The summed E-state index contributed by atoms with van der Waals surface area (Å²) in [5, 5.41) is 9.06. The van der Waals surface area contributed by atoms with Gasteiger partial charge in [-0.15, -0.1) is 0 Å². The topological polar surface area (TPSA) is 58.4 Å². The first-order valence-corrected chi connectivity index (χ1v) is 7.41. The molecule has 0 aliphatic heterocycles. The van der Waals surface area contributed by atoms with Crippen LogP contribution >= 0.6 is 0 Å². The molecule has 1 aromatic rings. The van der Waals surface area contributed by atoms with Gasteiger partial charge in [-0.1, -0.05) is 0 Å². The molecule has 0 aromatic carbocycles. The highest BCUT2D eigenvalue weighted by Crippen LogP contribution is 2.27. The van der Waals surface area contributed by atoms with Gasteiger partial charge in [0.1, 0.15) is 0 Å². The maximum Gasteiger partial charge on any atom is 0.293 e. The molecule has 1 N–H and O–H groups in total. The van der Waals surface area contributed by atoms with Crippen LogP contribution in [0.4, 0.5) is 5.82 Å². The van der Waals surface area contributed by atoms with E-state index >= 15 is 0 Å². The highest BCUT2D eigenvalue weighted by Gasteiger charge is 2.28. The van der Waals surface area contributed by atoms with Crippen molar-refractivity contribution in [2.45, 2.75) is 58.0 Å². The second-order valence-electron chi connectivity index (χ2n) is 6.45. The van der Waals surface area contributed by atoms with Gasteiger partial charge in [0.2, 0.25) is 0 Å². The van der Waals surface area contributed by atoms with Gasteiger partial charge in [-0.25, -0.2) is 4.98 Å². The van der Waals surface area contributed by atoms with Crippen molar-refractivity contribution in [2.24, 2.45) is 0 Å². The van der Waals surface area contributed by atoms with Crippen molar-refractivity contribution in [2.75, 3.05) is 18.1 Å². The zero-order valence-corrected chi connectivity index (χ0v) is 12.7. The van der Waals surface area contributed by atoms with Crippen molar-refractivity contribution in [3.63, 3.8) is 0 Å². The Hall–Kier alpha value is -1.36. The summed E-state index contributed by atoms with van der Waals surface area (Å²) in [4.78, 5) is 19.1. The van der Waals surface area contributed by atoms with E-state index in [0.717, 1.165) is 12.8 Å². The molecule has 5 nitrogen and oxygen atoms in total. The molecule has 1 fully saturated rings.